The number of nitrogens with one attached hydrogen (secondary N) is 1. The van der Waals surface area contributed by atoms with Crippen molar-refractivity contribution in [3.63, 3.8) is 0 Å². The minimum Gasteiger partial charge on any atom is -0.396 e. The highest BCUT2D eigenvalue weighted by atomic mass is 32.2. The van der Waals surface area contributed by atoms with E-state index in [1.807, 2.05) is 0 Å². The van der Waals surface area contributed by atoms with Crippen LogP contribution in [0.4, 0.5) is 4.39 Å². The highest BCUT2D eigenvalue weighted by Gasteiger charge is 2.08. The fraction of sp³-hybridized carbons (Fsp3) is 0.500. The van der Waals surface area contributed by atoms with Crippen LogP contribution in [0, 0.1) is 5.82 Å². The molecule has 6 heteroatoms. The molecular weight excluding hydrogens is 257 g/mol. The summed E-state index contributed by atoms with van der Waals surface area (Å²) in [6.45, 7) is 0.254. The lowest BCUT2D eigenvalue weighted by molar-refractivity contribution is 0.287. The molecule has 1 aromatic rings. The quantitative estimate of drug-likeness (QED) is 0.697. The molecule has 0 heterocycles. The molecule has 0 bridgehead atoms. The molecule has 0 fully saturated rings. The third kappa shape index (κ3) is 6.09. The van der Waals surface area contributed by atoms with Gasteiger partial charge in [-0.3, -0.25) is 0 Å². The van der Waals surface area contributed by atoms with Crippen LogP contribution in [0.2, 0.25) is 0 Å². The monoisotopic (exact) mass is 275 g/mol. The van der Waals surface area contributed by atoms with Gasteiger partial charge in [-0.2, -0.15) is 0 Å². The van der Waals surface area contributed by atoms with Gasteiger partial charge in [0.1, 0.15) is 5.82 Å². The van der Waals surface area contributed by atoms with E-state index < -0.39 is 10.0 Å². The summed E-state index contributed by atoms with van der Waals surface area (Å²) in [4.78, 5) is 0. The standard InChI is InChI=1S/C12H18FNO3S/c13-12-5-3-4-11(10-12)6-7-14-18(16,17)9-2-1-8-15/h3-5,10,14-15H,1-2,6-9H2. The molecule has 0 saturated carbocycles. The number of sulfonamides is 1. The second kappa shape index (κ2) is 7.45. The number of unbranched alkanes of at least 4 members (excludes halogenated alkanes) is 1. The van der Waals surface area contributed by atoms with Gasteiger partial charge >= 0.3 is 0 Å². The topological polar surface area (TPSA) is 66.4 Å². The predicted octanol–water partition coefficient (Wildman–Crippen LogP) is 1.06. The maximum atomic E-state index is 12.9. The summed E-state index contributed by atoms with van der Waals surface area (Å²) in [6, 6.07) is 6.09. The van der Waals surface area contributed by atoms with Crippen LogP contribution < -0.4 is 4.72 Å². The van der Waals surface area contributed by atoms with Crippen molar-refractivity contribution in [2.75, 3.05) is 18.9 Å². The van der Waals surface area contributed by atoms with Crippen LogP contribution in [-0.2, 0) is 16.4 Å². The van der Waals surface area contributed by atoms with Crippen molar-refractivity contribution < 1.29 is 17.9 Å². The fourth-order valence-corrected chi connectivity index (χ4v) is 2.66. The first-order chi connectivity index (χ1) is 8.53. The average Bonchev–Trinajstić information content (AvgIpc) is 2.29. The van der Waals surface area contributed by atoms with E-state index in [1.54, 1.807) is 12.1 Å². The molecule has 102 valence electrons. The maximum absolute atomic E-state index is 12.9. The highest BCUT2D eigenvalue weighted by Crippen LogP contribution is 2.04. The van der Waals surface area contributed by atoms with Gasteiger partial charge in [-0.1, -0.05) is 12.1 Å². The lowest BCUT2D eigenvalue weighted by Gasteiger charge is -2.06. The van der Waals surface area contributed by atoms with E-state index in [0.29, 0.717) is 19.3 Å². The molecule has 0 aliphatic carbocycles. The summed E-state index contributed by atoms with van der Waals surface area (Å²) in [5, 5.41) is 8.56. The summed E-state index contributed by atoms with van der Waals surface area (Å²) in [5.74, 6) is -0.310. The number of rotatable bonds is 8. The van der Waals surface area contributed by atoms with Gasteiger partial charge in [-0.15, -0.1) is 0 Å². The minimum atomic E-state index is -3.29. The number of hydrogen-bond donors (Lipinski definition) is 2. The van der Waals surface area contributed by atoms with Crippen LogP contribution in [-0.4, -0.2) is 32.4 Å². The van der Waals surface area contributed by atoms with Crippen LogP contribution in [0.5, 0.6) is 0 Å². The fourth-order valence-electron chi connectivity index (χ4n) is 1.52. The minimum absolute atomic E-state index is 0.00118. The summed E-state index contributed by atoms with van der Waals surface area (Å²) >= 11 is 0. The Hall–Kier alpha value is -0.980. The van der Waals surface area contributed by atoms with E-state index in [-0.39, 0.29) is 24.7 Å². The molecule has 1 aromatic carbocycles. The third-order valence-electron chi connectivity index (χ3n) is 2.45. The molecule has 0 atom stereocenters. The second-order valence-electron chi connectivity index (χ2n) is 4.02. The Balaban J connectivity index is 2.32. The van der Waals surface area contributed by atoms with Crippen molar-refractivity contribution in [3.8, 4) is 0 Å². The van der Waals surface area contributed by atoms with E-state index >= 15 is 0 Å². The first-order valence-electron chi connectivity index (χ1n) is 5.86. The van der Waals surface area contributed by atoms with E-state index in [0.717, 1.165) is 5.56 Å². The Labute approximate surface area is 107 Å². The van der Waals surface area contributed by atoms with E-state index in [4.69, 9.17) is 5.11 Å². The van der Waals surface area contributed by atoms with Crippen molar-refractivity contribution in [3.05, 3.63) is 35.6 Å². The molecule has 1 rings (SSSR count). The first kappa shape index (κ1) is 15.1. The van der Waals surface area contributed by atoms with Gasteiger partial charge in [0.25, 0.3) is 0 Å². The average molecular weight is 275 g/mol. The zero-order chi connectivity index (χ0) is 13.4. The normalized spacial score (nSPS) is 11.7. The molecule has 4 nitrogen and oxygen atoms in total. The highest BCUT2D eigenvalue weighted by molar-refractivity contribution is 7.89. The summed E-state index contributed by atoms with van der Waals surface area (Å²) < 4.78 is 38.3. The molecular formula is C12H18FNO3S. The molecule has 0 aliphatic heterocycles. The molecule has 0 aliphatic rings. The van der Waals surface area contributed by atoms with E-state index in [9.17, 15) is 12.8 Å². The van der Waals surface area contributed by atoms with Gasteiger partial charge in [0.05, 0.1) is 5.75 Å². The number of aliphatic hydroxyl groups is 1. The Morgan fingerprint density at radius 2 is 2.06 bits per heavy atom. The number of halogens is 1. The Bertz CT molecular complexity index is 462. The summed E-state index contributed by atoms with van der Waals surface area (Å²) in [6.07, 6.45) is 1.37. The molecule has 18 heavy (non-hydrogen) atoms. The number of benzene rings is 1. The molecule has 0 unspecified atom stereocenters. The molecule has 2 N–H and O–H groups in total. The second-order valence-corrected chi connectivity index (χ2v) is 5.95. The first-order valence-corrected chi connectivity index (χ1v) is 7.51. The molecule has 0 saturated heterocycles. The van der Waals surface area contributed by atoms with Crippen molar-refractivity contribution in [1.29, 1.82) is 0 Å². The van der Waals surface area contributed by atoms with Gasteiger partial charge in [0.2, 0.25) is 10.0 Å². The van der Waals surface area contributed by atoms with Gasteiger partial charge in [0, 0.05) is 13.2 Å². The van der Waals surface area contributed by atoms with Crippen LogP contribution >= 0.6 is 0 Å². The number of aliphatic hydroxyl groups excluding tert-OH is 1. The molecule has 0 aromatic heterocycles. The number of hydrogen-bond acceptors (Lipinski definition) is 3. The van der Waals surface area contributed by atoms with Crippen molar-refractivity contribution in [2.45, 2.75) is 19.3 Å². The van der Waals surface area contributed by atoms with Crippen LogP contribution in [0.3, 0.4) is 0 Å². The van der Waals surface area contributed by atoms with E-state index in [2.05, 4.69) is 4.72 Å². The van der Waals surface area contributed by atoms with Crippen molar-refractivity contribution >= 4 is 10.0 Å². The largest absolute Gasteiger partial charge is 0.396 e. The summed E-state index contributed by atoms with van der Waals surface area (Å²) in [7, 11) is -3.29. The molecule has 0 spiro atoms. The van der Waals surface area contributed by atoms with Crippen molar-refractivity contribution in [2.24, 2.45) is 0 Å². The van der Waals surface area contributed by atoms with Crippen LogP contribution in [0.1, 0.15) is 18.4 Å². The van der Waals surface area contributed by atoms with Gasteiger partial charge in [0.15, 0.2) is 0 Å². The van der Waals surface area contributed by atoms with Crippen LogP contribution in [0.25, 0.3) is 0 Å². The van der Waals surface area contributed by atoms with E-state index in [1.165, 1.54) is 12.1 Å². The predicted molar refractivity (Wildman–Crippen MR) is 68.2 cm³/mol. The zero-order valence-electron chi connectivity index (χ0n) is 10.1. The lowest BCUT2D eigenvalue weighted by Crippen LogP contribution is -2.28. The molecule has 0 radical (unpaired) electrons. The van der Waals surface area contributed by atoms with Gasteiger partial charge in [-0.05, 0) is 37.0 Å². The Morgan fingerprint density at radius 3 is 2.72 bits per heavy atom. The van der Waals surface area contributed by atoms with Gasteiger partial charge < -0.3 is 5.11 Å². The van der Waals surface area contributed by atoms with Crippen LogP contribution in [0.15, 0.2) is 24.3 Å². The smallest absolute Gasteiger partial charge is 0.211 e. The zero-order valence-corrected chi connectivity index (χ0v) is 10.9. The van der Waals surface area contributed by atoms with Gasteiger partial charge in [-0.25, -0.2) is 17.5 Å². The lowest BCUT2D eigenvalue weighted by atomic mass is 10.1. The Kier molecular flexibility index (Phi) is 6.24. The SMILES string of the molecule is O=S(=O)(CCCCO)NCCc1cccc(F)c1. The molecule has 0 amide bonds. The summed E-state index contributed by atoms with van der Waals surface area (Å²) in [5.41, 5.74) is 0.757. The van der Waals surface area contributed by atoms with Crippen molar-refractivity contribution in [1.82, 2.24) is 4.72 Å². The Morgan fingerprint density at radius 1 is 1.28 bits per heavy atom. The third-order valence-corrected chi connectivity index (χ3v) is 3.92. The maximum Gasteiger partial charge on any atom is 0.211 e.